The fraction of sp³-hybridized carbons (Fsp3) is 0.333. The van der Waals surface area contributed by atoms with E-state index >= 15 is 0 Å². The highest BCUT2D eigenvalue weighted by Gasteiger charge is 2.48. The minimum absolute atomic E-state index is 0.219. The lowest BCUT2D eigenvalue weighted by Gasteiger charge is -2.28. The van der Waals surface area contributed by atoms with Crippen molar-refractivity contribution in [3.05, 3.63) is 108 Å². The molecule has 1 aliphatic heterocycles. The number of aliphatic hydroxyl groups excluding tert-OH is 2. The van der Waals surface area contributed by atoms with E-state index in [0.29, 0.717) is 13.2 Å². The molecule has 0 aliphatic carbocycles. The number of hydrogen-bond donors (Lipinski definition) is 2. The van der Waals surface area contributed by atoms with Crippen LogP contribution < -0.4 is 0 Å². The van der Waals surface area contributed by atoms with E-state index in [1.54, 1.807) is 0 Å². The molecular formula is C27H30O6. The zero-order valence-electron chi connectivity index (χ0n) is 18.4. The van der Waals surface area contributed by atoms with Gasteiger partial charge in [-0.3, -0.25) is 0 Å². The van der Waals surface area contributed by atoms with Gasteiger partial charge in [0.2, 0.25) is 0 Å². The average molecular weight is 451 g/mol. The third kappa shape index (κ3) is 6.71. The van der Waals surface area contributed by atoms with Crippen molar-refractivity contribution in [1.29, 1.82) is 0 Å². The smallest absolute Gasteiger partial charge is 0.184 e. The largest absolute Gasteiger partial charge is 0.385 e. The first-order valence-electron chi connectivity index (χ1n) is 11.1. The number of ether oxygens (including phenoxy) is 4. The predicted molar refractivity (Wildman–Crippen MR) is 123 cm³/mol. The van der Waals surface area contributed by atoms with Crippen LogP contribution in [0.4, 0.5) is 0 Å². The van der Waals surface area contributed by atoms with Gasteiger partial charge in [-0.1, -0.05) is 91.0 Å². The summed E-state index contributed by atoms with van der Waals surface area (Å²) in [6.45, 7) is 1.26. The van der Waals surface area contributed by atoms with Crippen molar-refractivity contribution < 1.29 is 29.2 Å². The van der Waals surface area contributed by atoms with Crippen LogP contribution in [0.1, 0.15) is 16.7 Å². The molecule has 1 heterocycles. The molecule has 6 nitrogen and oxygen atoms in total. The molecule has 0 amide bonds. The molecule has 4 rings (SSSR count). The zero-order chi connectivity index (χ0) is 22.9. The van der Waals surface area contributed by atoms with Gasteiger partial charge in [-0.05, 0) is 16.7 Å². The lowest BCUT2D eigenvalue weighted by molar-refractivity contribution is -0.170. The molecule has 1 fully saturated rings. The van der Waals surface area contributed by atoms with Crippen molar-refractivity contribution in [2.24, 2.45) is 0 Å². The van der Waals surface area contributed by atoms with E-state index in [1.165, 1.54) is 0 Å². The van der Waals surface area contributed by atoms with Crippen molar-refractivity contribution >= 4 is 0 Å². The van der Waals surface area contributed by atoms with Gasteiger partial charge in [-0.25, -0.2) is 0 Å². The molecule has 0 bridgehead atoms. The summed E-state index contributed by atoms with van der Waals surface area (Å²) in [6, 6.07) is 29.3. The second kappa shape index (κ2) is 12.0. The number of hydrogen-bond acceptors (Lipinski definition) is 6. The molecule has 3 aromatic carbocycles. The van der Waals surface area contributed by atoms with E-state index < -0.39 is 30.7 Å². The van der Waals surface area contributed by atoms with Crippen LogP contribution in [-0.2, 0) is 38.8 Å². The summed E-state index contributed by atoms with van der Waals surface area (Å²) in [6.07, 6.45) is -4.55. The third-order valence-corrected chi connectivity index (χ3v) is 5.60. The van der Waals surface area contributed by atoms with Crippen molar-refractivity contribution in [3.8, 4) is 0 Å². The Labute approximate surface area is 194 Å². The Hall–Kier alpha value is -2.58. The first-order valence-corrected chi connectivity index (χ1v) is 11.1. The number of rotatable bonds is 11. The average Bonchev–Trinajstić information content (AvgIpc) is 3.15. The Morgan fingerprint density at radius 1 is 0.697 bits per heavy atom. The Kier molecular flexibility index (Phi) is 8.60. The van der Waals surface area contributed by atoms with Crippen LogP contribution in [-0.4, -0.2) is 47.5 Å². The van der Waals surface area contributed by atoms with Crippen molar-refractivity contribution in [2.75, 3.05) is 6.61 Å². The molecule has 33 heavy (non-hydrogen) atoms. The summed E-state index contributed by atoms with van der Waals surface area (Å²) >= 11 is 0. The molecule has 2 N–H and O–H groups in total. The molecule has 0 saturated carbocycles. The van der Waals surface area contributed by atoms with Crippen LogP contribution >= 0.6 is 0 Å². The van der Waals surface area contributed by atoms with Crippen LogP contribution in [0.5, 0.6) is 0 Å². The van der Waals surface area contributed by atoms with Crippen molar-refractivity contribution in [2.45, 2.75) is 50.5 Å². The highest BCUT2D eigenvalue weighted by molar-refractivity contribution is 5.15. The minimum Gasteiger partial charge on any atom is -0.385 e. The summed E-state index contributed by atoms with van der Waals surface area (Å²) in [5.41, 5.74) is 3.02. The van der Waals surface area contributed by atoms with Gasteiger partial charge in [0.05, 0.1) is 26.4 Å². The van der Waals surface area contributed by atoms with Gasteiger partial charge in [-0.15, -0.1) is 0 Å². The Bertz CT molecular complexity index is 937. The molecule has 0 aromatic heterocycles. The monoisotopic (exact) mass is 450 g/mol. The lowest BCUT2D eigenvalue weighted by atomic mass is 10.1. The summed E-state index contributed by atoms with van der Waals surface area (Å²) in [5, 5.41) is 20.8. The second-order valence-electron chi connectivity index (χ2n) is 8.08. The Morgan fingerprint density at radius 2 is 1.21 bits per heavy atom. The molecule has 1 aliphatic rings. The number of benzene rings is 3. The molecule has 5 atom stereocenters. The maximum Gasteiger partial charge on any atom is 0.184 e. The predicted octanol–water partition coefficient (Wildman–Crippen LogP) is 3.45. The zero-order valence-corrected chi connectivity index (χ0v) is 18.4. The molecule has 0 radical (unpaired) electrons. The first-order chi connectivity index (χ1) is 16.2. The van der Waals surface area contributed by atoms with E-state index in [0.717, 1.165) is 16.7 Å². The Balaban J connectivity index is 1.44. The Morgan fingerprint density at radius 3 is 1.79 bits per heavy atom. The minimum atomic E-state index is -1.35. The summed E-state index contributed by atoms with van der Waals surface area (Å²) in [5.74, 6) is 0. The van der Waals surface area contributed by atoms with E-state index in [2.05, 4.69) is 0 Å². The summed E-state index contributed by atoms with van der Waals surface area (Å²) < 4.78 is 23.8. The molecule has 0 spiro atoms. The fourth-order valence-corrected chi connectivity index (χ4v) is 3.82. The number of aliphatic hydroxyl groups is 2. The van der Waals surface area contributed by atoms with E-state index in [-0.39, 0.29) is 13.2 Å². The van der Waals surface area contributed by atoms with Gasteiger partial charge in [-0.2, -0.15) is 0 Å². The van der Waals surface area contributed by atoms with E-state index in [9.17, 15) is 10.2 Å². The van der Waals surface area contributed by atoms with Gasteiger partial charge in [0.1, 0.15) is 24.4 Å². The van der Waals surface area contributed by atoms with Gasteiger partial charge < -0.3 is 29.2 Å². The quantitative estimate of drug-likeness (QED) is 0.466. The topological polar surface area (TPSA) is 77.4 Å². The van der Waals surface area contributed by atoms with Crippen molar-refractivity contribution in [3.63, 3.8) is 0 Å². The summed E-state index contributed by atoms with van der Waals surface area (Å²) in [7, 11) is 0. The molecule has 3 aromatic rings. The van der Waals surface area contributed by atoms with Crippen molar-refractivity contribution in [1.82, 2.24) is 0 Å². The summed E-state index contributed by atoms with van der Waals surface area (Å²) in [4.78, 5) is 0. The van der Waals surface area contributed by atoms with E-state index in [4.69, 9.17) is 18.9 Å². The van der Waals surface area contributed by atoms with E-state index in [1.807, 2.05) is 91.0 Å². The highest BCUT2D eigenvalue weighted by atomic mass is 16.7. The standard InChI is InChI=1S/C27H30O6/c28-24-26(32-18-22-14-8-3-9-15-22)25(33-27(24)29)23(31-17-21-12-6-2-7-13-21)19-30-16-20-10-4-1-5-11-20/h1-15,23-29H,16-19H2. The highest BCUT2D eigenvalue weighted by Crippen LogP contribution is 2.28. The van der Waals surface area contributed by atoms with Crippen LogP contribution in [0.2, 0.25) is 0 Å². The molecule has 174 valence electrons. The second-order valence-corrected chi connectivity index (χ2v) is 8.08. The third-order valence-electron chi connectivity index (χ3n) is 5.60. The fourth-order valence-electron chi connectivity index (χ4n) is 3.82. The molecule has 6 heteroatoms. The lowest BCUT2D eigenvalue weighted by Crippen LogP contribution is -2.44. The van der Waals surface area contributed by atoms with Gasteiger partial charge in [0.25, 0.3) is 0 Å². The van der Waals surface area contributed by atoms with Gasteiger partial charge >= 0.3 is 0 Å². The normalized spacial score (nSPS) is 23.5. The maximum absolute atomic E-state index is 10.5. The molecule has 5 unspecified atom stereocenters. The molecular weight excluding hydrogens is 420 g/mol. The van der Waals surface area contributed by atoms with Crippen LogP contribution in [0, 0.1) is 0 Å². The van der Waals surface area contributed by atoms with Crippen LogP contribution in [0.15, 0.2) is 91.0 Å². The first kappa shape index (κ1) is 23.6. The molecule has 1 saturated heterocycles. The van der Waals surface area contributed by atoms with Crippen LogP contribution in [0.3, 0.4) is 0 Å². The van der Waals surface area contributed by atoms with Gasteiger partial charge in [0, 0.05) is 0 Å². The van der Waals surface area contributed by atoms with Gasteiger partial charge in [0.15, 0.2) is 6.29 Å². The maximum atomic E-state index is 10.5. The van der Waals surface area contributed by atoms with Crippen LogP contribution in [0.25, 0.3) is 0 Å². The SMILES string of the molecule is OC1OC(C(COCc2ccccc2)OCc2ccccc2)C(OCc2ccccc2)C1O.